The molecule has 0 heterocycles. The number of aliphatic hydroxyl groups is 1. The molecule has 0 radical (unpaired) electrons. The Morgan fingerprint density at radius 2 is 1.52 bits per heavy atom. The van der Waals surface area contributed by atoms with E-state index in [1.54, 1.807) is 0 Å². The van der Waals surface area contributed by atoms with E-state index >= 15 is 0 Å². The van der Waals surface area contributed by atoms with Crippen molar-refractivity contribution < 1.29 is 5.11 Å². The Morgan fingerprint density at radius 3 is 2.10 bits per heavy atom. The van der Waals surface area contributed by atoms with Crippen LogP contribution in [0.4, 0.5) is 0 Å². The first-order chi connectivity index (χ1) is 9.89. The average molecular weight is 293 g/mol. The Labute approximate surface area is 131 Å². The summed E-state index contributed by atoms with van der Waals surface area (Å²) in [6.45, 7) is 6.75. The predicted molar refractivity (Wildman–Crippen MR) is 88.3 cm³/mol. The summed E-state index contributed by atoms with van der Waals surface area (Å²) in [6.07, 6.45) is 13.6. The van der Waals surface area contributed by atoms with Crippen molar-refractivity contribution in [2.24, 2.45) is 16.7 Å². The van der Waals surface area contributed by atoms with Crippen molar-refractivity contribution >= 4 is 0 Å². The third-order valence-corrected chi connectivity index (χ3v) is 6.81. The van der Waals surface area contributed by atoms with Gasteiger partial charge in [-0.3, -0.25) is 0 Å². The van der Waals surface area contributed by atoms with E-state index < -0.39 is 0 Å². The van der Waals surface area contributed by atoms with Gasteiger partial charge in [-0.15, -0.1) is 0 Å². The quantitative estimate of drug-likeness (QED) is 0.710. The molecule has 0 spiro atoms. The minimum absolute atomic E-state index is 0.359. The lowest BCUT2D eigenvalue weighted by molar-refractivity contribution is -0.156. The number of hydrogen-bond acceptors (Lipinski definition) is 2. The Morgan fingerprint density at radius 1 is 0.905 bits per heavy atom. The largest absolute Gasteiger partial charge is 0.396 e. The molecule has 4 bridgehead atoms. The second-order valence-corrected chi connectivity index (χ2v) is 9.41. The van der Waals surface area contributed by atoms with Crippen molar-refractivity contribution in [1.29, 1.82) is 0 Å². The Balaban J connectivity index is 1.61. The van der Waals surface area contributed by atoms with Crippen LogP contribution in [0.2, 0.25) is 0 Å². The van der Waals surface area contributed by atoms with E-state index in [1.165, 1.54) is 64.3 Å². The zero-order chi connectivity index (χ0) is 15.1. The maximum atomic E-state index is 8.87. The third-order valence-electron chi connectivity index (χ3n) is 6.81. The molecular weight excluding hydrogens is 258 g/mol. The number of nitrogens with zero attached hydrogens (tertiary/aromatic N) is 1. The standard InChI is InChI=1S/C19H35NO/c1-17-10-16-11-18(2,13-17)15-19(12-16,14-17)20(3)8-6-4-5-7-9-21/h16,21H,4-15H2,1-3H3/t16?,17-,18+,19?. The summed E-state index contributed by atoms with van der Waals surface area (Å²) >= 11 is 0. The van der Waals surface area contributed by atoms with Crippen LogP contribution in [0, 0.1) is 16.7 Å². The predicted octanol–water partition coefficient (Wildman–Crippen LogP) is 4.22. The van der Waals surface area contributed by atoms with E-state index in [0.29, 0.717) is 23.0 Å². The molecule has 4 aliphatic carbocycles. The molecule has 2 unspecified atom stereocenters. The molecule has 1 N–H and O–H groups in total. The Bertz CT molecular complexity index is 362. The van der Waals surface area contributed by atoms with Gasteiger partial charge in [0.25, 0.3) is 0 Å². The molecule has 4 aliphatic rings. The number of aliphatic hydroxyl groups excluding tert-OH is 1. The lowest BCUT2D eigenvalue weighted by atomic mass is 9.42. The van der Waals surface area contributed by atoms with Crippen molar-refractivity contribution in [2.45, 2.75) is 83.6 Å². The van der Waals surface area contributed by atoms with Gasteiger partial charge in [0.05, 0.1) is 0 Å². The van der Waals surface area contributed by atoms with Gasteiger partial charge in [0.2, 0.25) is 0 Å². The third kappa shape index (κ3) is 3.03. The van der Waals surface area contributed by atoms with Crippen LogP contribution in [0.1, 0.15) is 78.1 Å². The molecule has 4 rings (SSSR count). The van der Waals surface area contributed by atoms with Crippen LogP contribution >= 0.6 is 0 Å². The number of hydrogen-bond donors (Lipinski definition) is 1. The molecule has 4 fully saturated rings. The molecule has 0 saturated heterocycles. The topological polar surface area (TPSA) is 23.5 Å². The van der Waals surface area contributed by atoms with Gasteiger partial charge < -0.3 is 10.0 Å². The molecule has 2 heteroatoms. The van der Waals surface area contributed by atoms with Crippen LogP contribution in [-0.4, -0.2) is 35.7 Å². The fourth-order valence-electron chi connectivity index (χ4n) is 6.86. The molecule has 0 aromatic heterocycles. The molecule has 2 nitrogen and oxygen atoms in total. The van der Waals surface area contributed by atoms with Gasteiger partial charge in [-0.25, -0.2) is 0 Å². The molecule has 4 atom stereocenters. The summed E-state index contributed by atoms with van der Waals surface area (Å²) in [5, 5.41) is 8.87. The summed E-state index contributed by atoms with van der Waals surface area (Å²) in [4.78, 5) is 2.74. The smallest absolute Gasteiger partial charge is 0.0431 e. The summed E-state index contributed by atoms with van der Waals surface area (Å²) in [7, 11) is 2.39. The van der Waals surface area contributed by atoms with Gasteiger partial charge >= 0.3 is 0 Å². The highest BCUT2D eigenvalue weighted by Gasteiger charge is 2.61. The summed E-state index contributed by atoms with van der Waals surface area (Å²) in [5.74, 6) is 0.994. The fourth-order valence-corrected chi connectivity index (χ4v) is 6.86. The number of rotatable bonds is 7. The maximum Gasteiger partial charge on any atom is 0.0431 e. The second kappa shape index (κ2) is 5.53. The molecule has 0 aromatic carbocycles. The van der Waals surface area contributed by atoms with Crippen LogP contribution in [0.5, 0.6) is 0 Å². The van der Waals surface area contributed by atoms with Crippen molar-refractivity contribution in [2.75, 3.05) is 20.2 Å². The molecule has 4 saturated carbocycles. The van der Waals surface area contributed by atoms with E-state index in [2.05, 4.69) is 25.8 Å². The first-order valence-electron chi connectivity index (χ1n) is 9.21. The van der Waals surface area contributed by atoms with E-state index in [4.69, 9.17) is 5.11 Å². The average Bonchev–Trinajstić information content (AvgIpc) is 2.33. The Kier molecular flexibility index (Phi) is 4.16. The molecular formula is C19H35NO. The van der Waals surface area contributed by atoms with Crippen LogP contribution in [0.3, 0.4) is 0 Å². The van der Waals surface area contributed by atoms with Crippen molar-refractivity contribution in [1.82, 2.24) is 4.90 Å². The first kappa shape index (κ1) is 15.8. The lowest BCUT2D eigenvalue weighted by Gasteiger charge is -2.67. The first-order valence-corrected chi connectivity index (χ1v) is 9.21. The molecule has 0 amide bonds. The normalized spacial score (nSPS) is 44.7. The highest BCUT2D eigenvalue weighted by molar-refractivity contribution is 5.14. The van der Waals surface area contributed by atoms with Crippen LogP contribution in [0.25, 0.3) is 0 Å². The maximum absolute atomic E-state index is 8.87. The van der Waals surface area contributed by atoms with E-state index in [9.17, 15) is 0 Å². The van der Waals surface area contributed by atoms with Gasteiger partial charge in [-0.1, -0.05) is 26.7 Å². The van der Waals surface area contributed by atoms with E-state index in [0.717, 1.165) is 12.3 Å². The minimum atomic E-state index is 0.359. The highest BCUT2D eigenvalue weighted by atomic mass is 16.2. The Hall–Kier alpha value is -0.0800. The van der Waals surface area contributed by atoms with E-state index in [-0.39, 0.29) is 0 Å². The molecule has 0 aliphatic heterocycles. The lowest BCUT2D eigenvalue weighted by Crippen LogP contribution is -2.64. The van der Waals surface area contributed by atoms with Crippen LogP contribution < -0.4 is 0 Å². The number of unbranched alkanes of at least 4 members (excludes halogenated alkanes) is 3. The monoisotopic (exact) mass is 293 g/mol. The molecule has 122 valence electrons. The minimum Gasteiger partial charge on any atom is -0.396 e. The molecule has 0 aromatic rings. The van der Waals surface area contributed by atoms with Crippen LogP contribution in [0.15, 0.2) is 0 Å². The van der Waals surface area contributed by atoms with Gasteiger partial charge in [0.15, 0.2) is 0 Å². The van der Waals surface area contributed by atoms with E-state index in [1.807, 2.05) is 0 Å². The SMILES string of the molecule is CN(CCCCCCO)C12CC3C[C@@](C)(C1)C[C@](C)(C3)C2. The van der Waals surface area contributed by atoms with Gasteiger partial charge in [-0.2, -0.15) is 0 Å². The van der Waals surface area contributed by atoms with Gasteiger partial charge in [-0.05, 0) is 81.7 Å². The van der Waals surface area contributed by atoms with Crippen molar-refractivity contribution in [3.8, 4) is 0 Å². The highest BCUT2D eigenvalue weighted by Crippen LogP contribution is 2.67. The van der Waals surface area contributed by atoms with Gasteiger partial charge in [0.1, 0.15) is 0 Å². The van der Waals surface area contributed by atoms with Crippen molar-refractivity contribution in [3.63, 3.8) is 0 Å². The van der Waals surface area contributed by atoms with Crippen LogP contribution in [-0.2, 0) is 0 Å². The molecule has 21 heavy (non-hydrogen) atoms. The zero-order valence-electron chi connectivity index (χ0n) is 14.5. The summed E-state index contributed by atoms with van der Waals surface area (Å²) in [6, 6.07) is 0. The summed E-state index contributed by atoms with van der Waals surface area (Å²) < 4.78 is 0. The zero-order valence-corrected chi connectivity index (χ0v) is 14.5. The fraction of sp³-hybridized carbons (Fsp3) is 1.00. The van der Waals surface area contributed by atoms with Crippen molar-refractivity contribution in [3.05, 3.63) is 0 Å². The second-order valence-electron chi connectivity index (χ2n) is 9.41. The van der Waals surface area contributed by atoms with Gasteiger partial charge in [0, 0.05) is 12.1 Å². The summed E-state index contributed by atoms with van der Waals surface area (Å²) in [5.41, 5.74) is 1.76.